The summed E-state index contributed by atoms with van der Waals surface area (Å²) in [5, 5.41) is 7.31. The SMILES string of the molecule is Cn1c(=O)n(Cc2ccccc2)c(=O)c2c(CNCCN3CCNCC3)ccnc21. The van der Waals surface area contributed by atoms with Gasteiger partial charge < -0.3 is 10.6 Å². The fourth-order valence-corrected chi connectivity index (χ4v) is 3.92. The second-order valence-electron chi connectivity index (χ2n) is 7.66. The van der Waals surface area contributed by atoms with Crippen molar-refractivity contribution in [3.63, 3.8) is 0 Å². The van der Waals surface area contributed by atoms with E-state index in [4.69, 9.17) is 0 Å². The number of aryl methyl sites for hydroxylation is 1. The fraction of sp³-hybridized carbons (Fsp3) is 0.409. The van der Waals surface area contributed by atoms with E-state index < -0.39 is 0 Å². The second kappa shape index (κ2) is 9.34. The van der Waals surface area contributed by atoms with Crippen LogP contribution in [-0.4, -0.2) is 58.3 Å². The summed E-state index contributed by atoms with van der Waals surface area (Å²) < 4.78 is 2.76. The molecule has 4 rings (SSSR count). The van der Waals surface area contributed by atoms with Gasteiger partial charge in [-0.1, -0.05) is 30.3 Å². The maximum Gasteiger partial charge on any atom is 0.332 e. The van der Waals surface area contributed by atoms with Gasteiger partial charge in [-0.25, -0.2) is 9.78 Å². The van der Waals surface area contributed by atoms with Crippen LogP contribution in [0, 0.1) is 0 Å². The molecule has 0 amide bonds. The summed E-state index contributed by atoms with van der Waals surface area (Å²) in [6.07, 6.45) is 1.66. The van der Waals surface area contributed by atoms with Crippen LogP contribution in [0.2, 0.25) is 0 Å². The van der Waals surface area contributed by atoms with Crippen LogP contribution in [0.1, 0.15) is 11.1 Å². The summed E-state index contributed by atoms with van der Waals surface area (Å²) in [6, 6.07) is 11.4. The van der Waals surface area contributed by atoms with Crippen LogP contribution in [0.25, 0.3) is 11.0 Å². The highest BCUT2D eigenvalue weighted by atomic mass is 16.2. The fourth-order valence-electron chi connectivity index (χ4n) is 3.92. The molecule has 0 atom stereocenters. The number of nitrogens with zero attached hydrogens (tertiary/aromatic N) is 4. The van der Waals surface area contributed by atoms with Crippen molar-refractivity contribution >= 4 is 11.0 Å². The third-order valence-corrected chi connectivity index (χ3v) is 5.63. The Hall–Kier alpha value is -2.81. The van der Waals surface area contributed by atoms with Gasteiger partial charge in [0, 0.05) is 59.1 Å². The van der Waals surface area contributed by atoms with Gasteiger partial charge in [-0.2, -0.15) is 0 Å². The highest BCUT2D eigenvalue weighted by Crippen LogP contribution is 2.11. The summed E-state index contributed by atoms with van der Waals surface area (Å²) in [5.74, 6) is 0. The van der Waals surface area contributed by atoms with Crippen LogP contribution in [0.5, 0.6) is 0 Å². The Bertz CT molecular complexity index is 1120. The van der Waals surface area contributed by atoms with Gasteiger partial charge in [0.2, 0.25) is 0 Å². The van der Waals surface area contributed by atoms with E-state index in [2.05, 4.69) is 20.5 Å². The summed E-state index contributed by atoms with van der Waals surface area (Å²) >= 11 is 0. The summed E-state index contributed by atoms with van der Waals surface area (Å²) in [4.78, 5) is 32.8. The van der Waals surface area contributed by atoms with Gasteiger partial charge in [-0.3, -0.25) is 18.8 Å². The number of rotatable bonds is 7. The third kappa shape index (κ3) is 4.35. The molecule has 0 radical (unpaired) electrons. The highest BCUT2D eigenvalue weighted by Gasteiger charge is 2.16. The van der Waals surface area contributed by atoms with Crippen molar-refractivity contribution in [1.29, 1.82) is 0 Å². The van der Waals surface area contributed by atoms with Crippen molar-refractivity contribution in [1.82, 2.24) is 29.7 Å². The maximum absolute atomic E-state index is 13.3. The maximum atomic E-state index is 13.3. The molecule has 8 heteroatoms. The van der Waals surface area contributed by atoms with Gasteiger partial charge in [-0.05, 0) is 17.2 Å². The van der Waals surface area contributed by atoms with Crippen LogP contribution < -0.4 is 21.9 Å². The Labute approximate surface area is 175 Å². The third-order valence-electron chi connectivity index (χ3n) is 5.63. The Morgan fingerprint density at radius 2 is 1.87 bits per heavy atom. The van der Waals surface area contributed by atoms with E-state index in [1.165, 1.54) is 9.13 Å². The Morgan fingerprint density at radius 1 is 1.10 bits per heavy atom. The highest BCUT2D eigenvalue weighted by molar-refractivity contribution is 5.77. The van der Waals surface area contributed by atoms with Gasteiger partial charge in [0.25, 0.3) is 5.56 Å². The molecule has 3 aromatic rings. The predicted octanol–water partition coefficient (Wildman–Crippen LogP) is 0.138. The molecule has 1 aromatic carbocycles. The Kier molecular flexibility index (Phi) is 6.37. The van der Waals surface area contributed by atoms with Crippen molar-refractivity contribution in [2.24, 2.45) is 7.05 Å². The molecule has 1 aliphatic rings. The normalized spacial score (nSPS) is 15.0. The van der Waals surface area contributed by atoms with E-state index in [0.29, 0.717) is 17.6 Å². The molecule has 1 aliphatic heterocycles. The Balaban J connectivity index is 1.59. The van der Waals surface area contributed by atoms with E-state index in [1.54, 1.807) is 13.2 Å². The monoisotopic (exact) mass is 408 g/mol. The molecule has 158 valence electrons. The van der Waals surface area contributed by atoms with Crippen molar-refractivity contribution in [2.45, 2.75) is 13.1 Å². The first-order valence-electron chi connectivity index (χ1n) is 10.4. The van der Waals surface area contributed by atoms with E-state index in [-0.39, 0.29) is 17.8 Å². The lowest BCUT2D eigenvalue weighted by Gasteiger charge is -2.27. The first-order chi connectivity index (χ1) is 14.6. The summed E-state index contributed by atoms with van der Waals surface area (Å²) in [5.41, 5.74) is 1.56. The first kappa shape index (κ1) is 20.5. The molecular formula is C22H28N6O2. The number of benzene rings is 1. The minimum Gasteiger partial charge on any atom is -0.314 e. The van der Waals surface area contributed by atoms with Crippen molar-refractivity contribution in [3.8, 4) is 0 Å². The van der Waals surface area contributed by atoms with E-state index in [9.17, 15) is 9.59 Å². The lowest BCUT2D eigenvalue weighted by Crippen LogP contribution is -2.45. The molecule has 2 N–H and O–H groups in total. The van der Waals surface area contributed by atoms with Crippen LogP contribution in [-0.2, 0) is 20.1 Å². The molecule has 0 aliphatic carbocycles. The summed E-state index contributed by atoms with van der Waals surface area (Å²) in [7, 11) is 1.67. The zero-order valence-corrected chi connectivity index (χ0v) is 17.3. The number of hydrogen-bond donors (Lipinski definition) is 2. The lowest BCUT2D eigenvalue weighted by molar-refractivity contribution is 0.241. The largest absolute Gasteiger partial charge is 0.332 e. The zero-order chi connectivity index (χ0) is 20.9. The average molecular weight is 409 g/mol. The van der Waals surface area contributed by atoms with E-state index >= 15 is 0 Å². The molecule has 30 heavy (non-hydrogen) atoms. The Morgan fingerprint density at radius 3 is 2.63 bits per heavy atom. The molecule has 8 nitrogen and oxygen atoms in total. The van der Waals surface area contributed by atoms with Crippen molar-refractivity contribution < 1.29 is 0 Å². The lowest BCUT2D eigenvalue weighted by atomic mass is 10.1. The van der Waals surface area contributed by atoms with Crippen molar-refractivity contribution in [2.75, 3.05) is 39.3 Å². The van der Waals surface area contributed by atoms with Gasteiger partial charge in [0.1, 0.15) is 5.65 Å². The molecule has 2 aromatic heterocycles. The molecule has 0 saturated carbocycles. The number of piperazine rings is 1. The first-order valence-corrected chi connectivity index (χ1v) is 10.4. The molecular weight excluding hydrogens is 380 g/mol. The smallest absolute Gasteiger partial charge is 0.314 e. The average Bonchev–Trinajstić information content (AvgIpc) is 2.79. The molecule has 0 spiro atoms. The number of pyridine rings is 1. The quantitative estimate of drug-likeness (QED) is 0.541. The second-order valence-corrected chi connectivity index (χ2v) is 7.66. The number of fused-ring (bicyclic) bond motifs is 1. The zero-order valence-electron chi connectivity index (χ0n) is 17.3. The van der Waals surface area contributed by atoms with Crippen LogP contribution in [0.15, 0.2) is 52.2 Å². The predicted molar refractivity (Wildman–Crippen MR) is 118 cm³/mol. The van der Waals surface area contributed by atoms with E-state index in [0.717, 1.165) is 50.4 Å². The molecule has 1 fully saturated rings. The van der Waals surface area contributed by atoms with Crippen LogP contribution in [0.3, 0.4) is 0 Å². The standard InChI is InChI=1S/C22H28N6O2/c1-26-20-19(21(29)28(22(26)30)16-17-5-3-2-4-6-17)18(7-8-25-20)15-24-11-14-27-12-9-23-10-13-27/h2-8,23-24H,9-16H2,1H3. The molecule has 1 saturated heterocycles. The molecule has 0 unspecified atom stereocenters. The number of nitrogens with one attached hydrogen (secondary N) is 2. The minimum absolute atomic E-state index is 0.243. The number of aromatic nitrogens is 3. The molecule has 3 heterocycles. The minimum atomic E-state index is -0.354. The van der Waals surface area contributed by atoms with Gasteiger partial charge in [0.15, 0.2) is 0 Å². The van der Waals surface area contributed by atoms with Gasteiger partial charge in [-0.15, -0.1) is 0 Å². The van der Waals surface area contributed by atoms with Gasteiger partial charge in [0.05, 0.1) is 11.9 Å². The summed E-state index contributed by atoms with van der Waals surface area (Å²) in [6.45, 7) is 6.80. The van der Waals surface area contributed by atoms with E-state index in [1.807, 2.05) is 36.4 Å². The van der Waals surface area contributed by atoms with Gasteiger partial charge >= 0.3 is 5.69 Å². The van der Waals surface area contributed by atoms with Crippen LogP contribution >= 0.6 is 0 Å². The molecule has 0 bridgehead atoms. The van der Waals surface area contributed by atoms with Crippen LogP contribution in [0.4, 0.5) is 0 Å². The van der Waals surface area contributed by atoms with Crippen molar-refractivity contribution in [3.05, 3.63) is 74.6 Å². The topological polar surface area (TPSA) is 84.2 Å². The number of hydrogen-bond acceptors (Lipinski definition) is 6.